The Morgan fingerprint density at radius 2 is 1.91 bits per heavy atom. The molecule has 4 aliphatic rings. The van der Waals surface area contributed by atoms with Crippen LogP contribution in [0.1, 0.15) is 86.0 Å². The molecule has 4 rings (SSSR count). The van der Waals surface area contributed by atoms with Gasteiger partial charge in [0.2, 0.25) is 0 Å². The fourth-order valence-electron chi connectivity index (χ4n) is 8.04. The third kappa shape index (κ3) is 3.99. The van der Waals surface area contributed by atoms with Gasteiger partial charge in [0.1, 0.15) is 6.10 Å². The topological polar surface area (TPSA) is 77.0 Å². The molecule has 4 aliphatic carbocycles. The number of hydrogen-bond acceptors (Lipinski definition) is 5. The molecule has 1 N–H and O–H groups in total. The van der Waals surface area contributed by atoms with Crippen LogP contribution in [-0.2, 0) is 14.3 Å². The molecule has 0 heterocycles. The molecule has 0 aliphatic heterocycles. The standard InChI is InChI=1S/C26H40N2O4/c1-6-31-24(30)28-27-16(2)21-9-10-22-20-8-7-18-15-19(32-17(3)29)11-13-25(18,4)23(20)12-14-26(21,22)5/h9,18-20,22-23H,6-8,10-15H2,1-5H3,(H,28,30)/b27-16-/t18-,19?,20?,22?,23?,25-,26+/m0/s1. The number of esters is 1. The lowest BCUT2D eigenvalue weighted by Gasteiger charge is -2.60. The van der Waals surface area contributed by atoms with Gasteiger partial charge in [-0.25, -0.2) is 10.2 Å². The smallest absolute Gasteiger partial charge is 0.427 e. The summed E-state index contributed by atoms with van der Waals surface area (Å²) in [5.41, 5.74) is 5.24. The number of fused-ring (bicyclic) bond motifs is 5. The van der Waals surface area contributed by atoms with Gasteiger partial charge in [0.25, 0.3) is 0 Å². The molecule has 0 aromatic heterocycles. The van der Waals surface area contributed by atoms with Gasteiger partial charge in [0.15, 0.2) is 0 Å². The second-order valence-electron chi connectivity index (χ2n) is 11.0. The third-order valence-electron chi connectivity index (χ3n) is 9.51. The highest BCUT2D eigenvalue weighted by Gasteiger charge is 2.59. The van der Waals surface area contributed by atoms with Crippen LogP contribution in [0.4, 0.5) is 4.79 Å². The van der Waals surface area contributed by atoms with Crippen LogP contribution in [0, 0.1) is 34.5 Å². The van der Waals surface area contributed by atoms with Gasteiger partial charge in [-0.1, -0.05) is 19.9 Å². The lowest BCUT2D eigenvalue weighted by molar-refractivity contribution is -0.158. The number of nitrogens with zero attached hydrogens (tertiary/aromatic N) is 1. The molecule has 0 saturated heterocycles. The average Bonchev–Trinajstić information content (AvgIpc) is 3.09. The number of ether oxygens (including phenoxy) is 2. The Kier molecular flexibility index (Phi) is 6.43. The Hall–Kier alpha value is -1.85. The van der Waals surface area contributed by atoms with Crippen molar-refractivity contribution in [2.45, 2.75) is 92.1 Å². The van der Waals surface area contributed by atoms with E-state index in [1.807, 2.05) is 6.92 Å². The first-order valence-electron chi connectivity index (χ1n) is 12.5. The Balaban J connectivity index is 1.47. The molecule has 7 atom stereocenters. The fraction of sp³-hybridized carbons (Fsp3) is 0.808. The molecule has 4 unspecified atom stereocenters. The Labute approximate surface area is 192 Å². The van der Waals surface area contributed by atoms with E-state index < -0.39 is 6.09 Å². The number of nitrogens with one attached hydrogen (secondary N) is 1. The molecular weight excluding hydrogens is 404 g/mol. The van der Waals surface area contributed by atoms with Gasteiger partial charge < -0.3 is 9.47 Å². The van der Waals surface area contributed by atoms with Crippen molar-refractivity contribution in [1.82, 2.24) is 5.43 Å². The molecule has 0 aromatic carbocycles. The highest BCUT2D eigenvalue weighted by Crippen LogP contribution is 2.66. The first-order chi connectivity index (χ1) is 15.2. The Morgan fingerprint density at radius 1 is 1.12 bits per heavy atom. The van der Waals surface area contributed by atoms with E-state index >= 15 is 0 Å². The van der Waals surface area contributed by atoms with Crippen LogP contribution in [0.25, 0.3) is 0 Å². The van der Waals surface area contributed by atoms with Crippen LogP contribution in [-0.4, -0.2) is 30.5 Å². The molecule has 32 heavy (non-hydrogen) atoms. The van der Waals surface area contributed by atoms with Crippen LogP contribution >= 0.6 is 0 Å². The molecule has 6 heteroatoms. The van der Waals surface area contributed by atoms with Crippen molar-refractivity contribution in [2.24, 2.45) is 39.6 Å². The zero-order valence-corrected chi connectivity index (χ0v) is 20.4. The number of rotatable bonds is 4. The first kappa shape index (κ1) is 23.3. The van der Waals surface area contributed by atoms with Crippen LogP contribution < -0.4 is 5.43 Å². The van der Waals surface area contributed by atoms with E-state index in [1.165, 1.54) is 44.6 Å². The molecule has 178 valence electrons. The van der Waals surface area contributed by atoms with E-state index in [4.69, 9.17) is 9.47 Å². The summed E-state index contributed by atoms with van der Waals surface area (Å²) in [6.07, 6.45) is 11.3. The maximum absolute atomic E-state index is 11.7. The minimum atomic E-state index is -0.494. The van der Waals surface area contributed by atoms with E-state index in [1.54, 1.807) is 6.92 Å². The largest absolute Gasteiger partial charge is 0.463 e. The van der Waals surface area contributed by atoms with Crippen LogP contribution in [0.15, 0.2) is 16.8 Å². The van der Waals surface area contributed by atoms with Gasteiger partial charge in [0, 0.05) is 6.92 Å². The van der Waals surface area contributed by atoms with E-state index in [-0.39, 0.29) is 17.5 Å². The second kappa shape index (κ2) is 8.83. The van der Waals surface area contributed by atoms with E-state index in [0.29, 0.717) is 23.9 Å². The summed E-state index contributed by atoms with van der Waals surface area (Å²) in [4.78, 5) is 23.2. The zero-order chi connectivity index (χ0) is 23.1. The monoisotopic (exact) mass is 444 g/mol. The predicted octanol–water partition coefficient (Wildman–Crippen LogP) is 5.62. The molecule has 0 bridgehead atoms. The van der Waals surface area contributed by atoms with Gasteiger partial charge >= 0.3 is 12.1 Å². The minimum absolute atomic E-state index is 0.112. The molecule has 3 saturated carbocycles. The van der Waals surface area contributed by atoms with Crippen LogP contribution in [0.5, 0.6) is 0 Å². The van der Waals surface area contributed by atoms with Gasteiger partial charge in [-0.05, 0) is 105 Å². The highest BCUT2D eigenvalue weighted by atomic mass is 16.6. The second-order valence-corrected chi connectivity index (χ2v) is 11.0. The summed E-state index contributed by atoms with van der Waals surface area (Å²) in [6.45, 7) is 10.6. The quantitative estimate of drug-likeness (QED) is 0.347. The molecule has 0 spiro atoms. The van der Waals surface area contributed by atoms with Gasteiger partial charge in [0.05, 0.1) is 12.3 Å². The molecular formula is C26H40N2O4. The molecule has 6 nitrogen and oxygen atoms in total. The first-order valence-corrected chi connectivity index (χ1v) is 12.5. The average molecular weight is 445 g/mol. The summed E-state index contributed by atoms with van der Waals surface area (Å²) in [6, 6.07) is 0. The van der Waals surface area contributed by atoms with E-state index in [2.05, 4.69) is 30.5 Å². The third-order valence-corrected chi connectivity index (χ3v) is 9.51. The van der Waals surface area contributed by atoms with Crippen LogP contribution in [0.2, 0.25) is 0 Å². The summed E-state index contributed by atoms with van der Waals surface area (Å²) in [5, 5.41) is 4.36. The van der Waals surface area contributed by atoms with Crippen molar-refractivity contribution in [2.75, 3.05) is 6.61 Å². The van der Waals surface area contributed by atoms with Crippen molar-refractivity contribution in [3.05, 3.63) is 11.6 Å². The Morgan fingerprint density at radius 3 is 2.62 bits per heavy atom. The van der Waals surface area contributed by atoms with E-state index in [0.717, 1.165) is 36.8 Å². The number of carbonyl (C=O) groups is 2. The van der Waals surface area contributed by atoms with Crippen molar-refractivity contribution < 1.29 is 19.1 Å². The lowest BCUT2D eigenvalue weighted by Crippen LogP contribution is -2.54. The Bertz CT molecular complexity index is 821. The minimum Gasteiger partial charge on any atom is -0.463 e. The van der Waals surface area contributed by atoms with Gasteiger partial charge in [-0.2, -0.15) is 5.10 Å². The predicted molar refractivity (Wildman–Crippen MR) is 124 cm³/mol. The fourth-order valence-corrected chi connectivity index (χ4v) is 8.04. The number of amides is 1. The summed E-state index contributed by atoms with van der Waals surface area (Å²) in [5.74, 6) is 2.66. The number of hydrogen-bond donors (Lipinski definition) is 1. The SMILES string of the molecule is CCOC(=O)N/N=C(/C)C1=CCC2C3CC[C@H]4CC(OC(C)=O)CC[C@]4(C)C3CC[C@]12C. The number of hydrazone groups is 1. The zero-order valence-electron chi connectivity index (χ0n) is 20.4. The normalized spacial score (nSPS) is 41.0. The molecule has 1 amide bonds. The molecule has 3 fully saturated rings. The van der Waals surface area contributed by atoms with Gasteiger partial charge in [-0.15, -0.1) is 0 Å². The van der Waals surface area contributed by atoms with Crippen molar-refractivity contribution in [1.29, 1.82) is 0 Å². The summed E-state index contributed by atoms with van der Waals surface area (Å²) in [7, 11) is 0. The number of allylic oxidation sites excluding steroid dienone is 2. The van der Waals surface area contributed by atoms with Crippen LogP contribution in [0.3, 0.4) is 0 Å². The van der Waals surface area contributed by atoms with Crippen molar-refractivity contribution in [3.8, 4) is 0 Å². The van der Waals surface area contributed by atoms with Crippen molar-refractivity contribution >= 4 is 17.8 Å². The molecule has 0 radical (unpaired) electrons. The maximum atomic E-state index is 11.7. The molecule has 0 aromatic rings. The summed E-state index contributed by atoms with van der Waals surface area (Å²) < 4.78 is 10.5. The van der Waals surface area contributed by atoms with Crippen molar-refractivity contribution in [3.63, 3.8) is 0 Å². The maximum Gasteiger partial charge on any atom is 0.427 e. The number of carbonyl (C=O) groups excluding carboxylic acids is 2. The van der Waals surface area contributed by atoms with Gasteiger partial charge in [-0.3, -0.25) is 4.79 Å². The van der Waals surface area contributed by atoms with E-state index in [9.17, 15) is 9.59 Å². The highest BCUT2D eigenvalue weighted by molar-refractivity contribution is 6.00. The summed E-state index contributed by atoms with van der Waals surface area (Å²) >= 11 is 0. The lowest BCUT2D eigenvalue weighted by atomic mass is 9.44.